The Labute approximate surface area is 361 Å². The van der Waals surface area contributed by atoms with Crippen LogP contribution in [-0.4, -0.2) is 142 Å². The minimum atomic E-state index is -1.18. The molecule has 6 heterocycles. The van der Waals surface area contributed by atoms with E-state index >= 15 is 0 Å². The molecule has 3 N–H and O–H groups in total. The number of nitrogens with zero attached hydrogens (tertiary/aromatic N) is 5. The van der Waals surface area contributed by atoms with Gasteiger partial charge in [0, 0.05) is 55.1 Å². The number of carbonyl (C=O) groups is 2. The average molecular weight is 852 g/mol. The van der Waals surface area contributed by atoms with Gasteiger partial charge in [0.25, 0.3) is 0 Å². The number of aliphatic hydroxyl groups excluding tert-OH is 1. The van der Waals surface area contributed by atoms with E-state index in [4.69, 9.17) is 28.4 Å². The molecule has 6 rings (SSSR count). The molecule has 0 radical (unpaired) electrons. The molecule has 4 aliphatic heterocycles. The van der Waals surface area contributed by atoms with Gasteiger partial charge >= 0.3 is 12.1 Å². The molecule has 4 aliphatic rings. The molecule has 338 valence electrons. The van der Waals surface area contributed by atoms with E-state index in [0.29, 0.717) is 38.9 Å². The molecular formula is C45H69N7O9. The number of aromatic nitrogens is 4. The van der Waals surface area contributed by atoms with E-state index in [0.717, 1.165) is 22.4 Å². The first-order valence-corrected chi connectivity index (χ1v) is 21.9. The first-order valence-electron chi connectivity index (χ1n) is 21.9. The van der Waals surface area contributed by atoms with Crippen LogP contribution in [0.15, 0.2) is 54.8 Å². The van der Waals surface area contributed by atoms with E-state index in [1.54, 1.807) is 31.7 Å². The van der Waals surface area contributed by atoms with Crippen molar-refractivity contribution in [1.29, 1.82) is 0 Å². The maximum absolute atomic E-state index is 14.4. The van der Waals surface area contributed by atoms with Gasteiger partial charge in [-0.05, 0) is 72.5 Å². The van der Waals surface area contributed by atoms with Crippen molar-refractivity contribution in [3.8, 4) is 11.3 Å². The summed E-state index contributed by atoms with van der Waals surface area (Å²) in [4.78, 5) is 38.1. The molecule has 3 unspecified atom stereocenters. The van der Waals surface area contributed by atoms with E-state index in [1.165, 1.54) is 0 Å². The fourth-order valence-corrected chi connectivity index (χ4v) is 10.1. The molecule has 14 atom stereocenters. The monoisotopic (exact) mass is 852 g/mol. The second-order valence-corrected chi connectivity index (χ2v) is 18.3. The smallest absolute Gasteiger partial charge is 0.408 e. The summed E-state index contributed by atoms with van der Waals surface area (Å²) in [6, 6.07) is -0.741. The fourth-order valence-electron chi connectivity index (χ4n) is 10.1. The molecule has 0 saturated carbocycles. The largest absolute Gasteiger partial charge is 0.458 e. The Balaban J connectivity index is 1.37. The predicted molar refractivity (Wildman–Crippen MR) is 228 cm³/mol. The Morgan fingerprint density at radius 2 is 1.89 bits per heavy atom. The van der Waals surface area contributed by atoms with E-state index in [9.17, 15) is 14.7 Å². The van der Waals surface area contributed by atoms with Gasteiger partial charge in [-0.1, -0.05) is 45.9 Å². The van der Waals surface area contributed by atoms with Gasteiger partial charge in [0.2, 0.25) is 0 Å². The number of fused-ring (bicyclic) bond motifs is 4. The Bertz CT molecular complexity index is 1840. The summed E-state index contributed by atoms with van der Waals surface area (Å²) in [6.07, 6.45) is 7.60. The second kappa shape index (κ2) is 19.7. The number of likely N-dealkylation sites (N-methyl/N-ethyl adjacent to an activating group) is 1. The van der Waals surface area contributed by atoms with Gasteiger partial charge in [-0.3, -0.25) is 19.4 Å². The molecule has 16 nitrogen and oxygen atoms in total. The Kier molecular flexibility index (Phi) is 15.1. The lowest BCUT2D eigenvalue weighted by molar-refractivity contribution is -0.302. The van der Waals surface area contributed by atoms with Crippen LogP contribution in [0.25, 0.3) is 11.3 Å². The van der Waals surface area contributed by atoms with Crippen molar-refractivity contribution >= 4 is 12.1 Å². The van der Waals surface area contributed by atoms with Crippen LogP contribution in [0.5, 0.6) is 0 Å². The minimum Gasteiger partial charge on any atom is -0.458 e. The molecule has 4 saturated heterocycles. The highest BCUT2D eigenvalue weighted by Crippen LogP contribution is 2.44. The van der Waals surface area contributed by atoms with Gasteiger partial charge in [0.15, 0.2) is 11.9 Å². The van der Waals surface area contributed by atoms with E-state index in [1.807, 2.05) is 64.5 Å². The number of amides is 1. The highest BCUT2D eigenvalue weighted by atomic mass is 16.7. The summed E-state index contributed by atoms with van der Waals surface area (Å²) in [5.41, 5.74) is 1.23. The standard InChI is InChI=1S/C45H69N7O9/c1-12-36-45(9)39(50-43(55)61-45)29(5)33(13-14-46-17-18-52-23-32(21-49-52)34-22-47-15-16-48-34)27(3)20-44(8)40(60-42-37(53)35(51(10)11)19-28(4)58-42)30(6)38(31(7)41(54)59-36)56-24-26(2)25-57-44/h13,15-16,21-23,27-31,35-40,42,46,53H,2,12,14,17-20,24-25H2,1,3-11H3,(H,50,55)/b33-13+/t27-,28-,29+,30+,31-,35+,36-,37-,38?,39?,40-,42?,44-,45-/m1/s1. The van der Waals surface area contributed by atoms with Crippen molar-refractivity contribution in [1.82, 2.24) is 35.3 Å². The molecule has 0 aliphatic carbocycles. The summed E-state index contributed by atoms with van der Waals surface area (Å²) < 4.78 is 41.3. The predicted octanol–water partition coefficient (Wildman–Crippen LogP) is 4.53. The Morgan fingerprint density at radius 3 is 2.59 bits per heavy atom. The number of carbonyl (C=O) groups excluding carboxylic acids is 2. The van der Waals surface area contributed by atoms with Crippen molar-refractivity contribution in [3.05, 3.63) is 54.8 Å². The van der Waals surface area contributed by atoms with Gasteiger partial charge in [-0.25, -0.2) is 4.79 Å². The van der Waals surface area contributed by atoms with Crippen LogP contribution in [0.2, 0.25) is 0 Å². The van der Waals surface area contributed by atoms with Crippen molar-refractivity contribution in [2.75, 3.05) is 40.4 Å². The quantitative estimate of drug-likeness (QED) is 0.172. The zero-order chi connectivity index (χ0) is 44.2. The minimum absolute atomic E-state index is 0.135. The van der Waals surface area contributed by atoms with Crippen LogP contribution >= 0.6 is 0 Å². The third-order valence-corrected chi connectivity index (χ3v) is 13.4. The number of hydrogen-bond acceptors (Lipinski definition) is 14. The highest BCUT2D eigenvalue weighted by Gasteiger charge is 2.57. The van der Waals surface area contributed by atoms with Crippen LogP contribution in [0.3, 0.4) is 0 Å². The number of nitrogens with one attached hydrogen (secondary N) is 2. The summed E-state index contributed by atoms with van der Waals surface area (Å²) in [6.45, 7) is 22.3. The van der Waals surface area contributed by atoms with Gasteiger partial charge in [0.05, 0.1) is 73.7 Å². The van der Waals surface area contributed by atoms with Crippen molar-refractivity contribution in [2.45, 2.75) is 141 Å². The molecule has 61 heavy (non-hydrogen) atoms. The topological polar surface area (TPSA) is 181 Å². The average Bonchev–Trinajstić information content (AvgIpc) is 3.83. The van der Waals surface area contributed by atoms with Gasteiger partial charge < -0.3 is 49.1 Å². The molecular weight excluding hydrogens is 783 g/mol. The van der Waals surface area contributed by atoms with Crippen molar-refractivity contribution in [3.63, 3.8) is 0 Å². The number of alkyl carbamates (subject to hydrolysis) is 1. The molecule has 2 aromatic heterocycles. The molecule has 16 heteroatoms. The summed E-state index contributed by atoms with van der Waals surface area (Å²) in [5.74, 6) is -2.11. The fraction of sp³-hybridized carbons (Fsp3) is 0.711. The normalized spacial score (nSPS) is 38.5. The lowest BCUT2D eigenvalue weighted by Crippen LogP contribution is -2.60. The Hall–Kier alpha value is -3.77. The van der Waals surface area contributed by atoms with Gasteiger partial charge in [-0.15, -0.1) is 0 Å². The lowest BCUT2D eigenvalue weighted by Gasteiger charge is -2.49. The SMILES string of the molecule is C=C1COC2[C@@H](C)C(=O)O[C@H](CC)[C@@]3(C)OC(=O)NC3[C@@H](C)/C(=C/CNCCn3cc(-c4cnccn4)cn3)[C@H](C)C[C@@](C)(OC1)[C@H](OC1O[C@H](C)C[C@H](N(C)C)[C@H]1O)[C@H]2C. The highest BCUT2D eigenvalue weighted by molar-refractivity contribution is 5.74. The maximum Gasteiger partial charge on any atom is 0.408 e. The van der Waals surface area contributed by atoms with Crippen LogP contribution < -0.4 is 10.6 Å². The van der Waals surface area contributed by atoms with Crippen molar-refractivity contribution < 1.29 is 43.1 Å². The zero-order valence-corrected chi connectivity index (χ0v) is 37.7. The lowest BCUT2D eigenvalue weighted by atomic mass is 9.71. The first kappa shape index (κ1) is 46.7. The number of esters is 1. The zero-order valence-electron chi connectivity index (χ0n) is 37.7. The third kappa shape index (κ3) is 10.4. The Morgan fingerprint density at radius 1 is 1.11 bits per heavy atom. The molecule has 2 bridgehead atoms. The summed E-state index contributed by atoms with van der Waals surface area (Å²) in [5, 5.41) is 22.9. The molecule has 2 aromatic rings. The van der Waals surface area contributed by atoms with Crippen LogP contribution in [-0.2, 0) is 39.8 Å². The molecule has 0 spiro atoms. The first-order chi connectivity index (χ1) is 28.9. The number of cyclic esters (lactones) is 1. The van der Waals surface area contributed by atoms with E-state index in [-0.39, 0.29) is 37.2 Å². The van der Waals surface area contributed by atoms with Gasteiger partial charge in [0.1, 0.15) is 12.2 Å². The van der Waals surface area contributed by atoms with E-state index in [2.05, 4.69) is 52.2 Å². The third-order valence-electron chi connectivity index (χ3n) is 13.4. The molecule has 1 amide bonds. The van der Waals surface area contributed by atoms with Crippen LogP contribution in [0, 0.1) is 23.7 Å². The molecule has 4 fully saturated rings. The van der Waals surface area contributed by atoms with Crippen molar-refractivity contribution in [2.24, 2.45) is 23.7 Å². The number of aliphatic hydroxyl groups is 1. The van der Waals surface area contributed by atoms with Crippen LogP contribution in [0.4, 0.5) is 4.79 Å². The number of rotatable bonds is 10. The molecule has 0 aromatic carbocycles. The summed E-state index contributed by atoms with van der Waals surface area (Å²) in [7, 11) is 3.89. The van der Waals surface area contributed by atoms with E-state index < -0.39 is 71.8 Å². The number of hydrogen-bond donors (Lipinski definition) is 3. The maximum atomic E-state index is 14.4. The van der Waals surface area contributed by atoms with Gasteiger partial charge in [-0.2, -0.15) is 5.10 Å². The van der Waals surface area contributed by atoms with Crippen LogP contribution in [0.1, 0.15) is 74.7 Å². The summed E-state index contributed by atoms with van der Waals surface area (Å²) >= 11 is 0. The second-order valence-electron chi connectivity index (χ2n) is 18.3. The number of ether oxygens (including phenoxy) is 6.